The van der Waals surface area contributed by atoms with Crippen LogP contribution < -0.4 is 15.4 Å². The fourth-order valence-electron chi connectivity index (χ4n) is 4.84. The Balaban J connectivity index is 1.62. The van der Waals surface area contributed by atoms with Crippen molar-refractivity contribution in [2.24, 2.45) is 0 Å². The first kappa shape index (κ1) is 22.1. The fourth-order valence-corrected chi connectivity index (χ4v) is 4.84. The molecule has 1 heterocycles. The third kappa shape index (κ3) is 4.02. The number of hydrogen-bond donors (Lipinski definition) is 2. The summed E-state index contributed by atoms with van der Waals surface area (Å²) in [5.41, 5.74) is 2.66. The minimum atomic E-state index is -4.54. The van der Waals surface area contributed by atoms with Gasteiger partial charge in [0.1, 0.15) is 5.75 Å². The molecule has 0 fully saturated rings. The first-order valence-electron chi connectivity index (χ1n) is 11.0. The summed E-state index contributed by atoms with van der Waals surface area (Å²) in [5, 5.41) is 6.59. The molecule has 0 unspecified atom stereocenters. The van der Waals surface area contributed by atoms with E-state index in [1.807, 2.05) is 42.5 Å². The Kier molecular flexibility index (Phi) is 5.55. The molecule has 2 atom stereocenters. The van der Waals surface area contributed by atoms with E-state index < -0.39 is 17.8 Å². The number of hydrogen-bond acceptors (Lipinski definition) is 4. The maximum Gasteiger partial charge on any atom is 0.416 e. The molecule has 0 bridgehead atoms. The number of allylic oxidation sites excluding steroid dienone is 1. The van der Waals surface area contributed by atoms with Gasteiger partial charge in [-0.25, -0.2) is 0 Å². The minimum Gasteiger partial charge on any atom is -0.497 e. The number of para-hydroxylation sites is 2. The van der Waals surface area contributed by atoms with Gasteiger partial charge in [0.2, 0.25) is 0 Å². The molecule has 2 aliphatic rings. The predicted octanol–water partition coefficient (Wildman–Crippen LogP) is 6.69. The Hall–Kier alpha value is -3.74. The van der Waals surface area contributed by atoms with E-state index in [2.05, 4.69) is 10.6 Å². The molecule has 34 heavy (non-hydrogen) atoms. The summed E-state index contributed by atoms with van der Waals surface area (Å²) in [6.07, 6.45) is -3.81. The number of rotatable bonds is 3. The Morgan fingerprint density at radius 3 is 2.26 bits per heavy atom. The Labute approximate surface area is 195 Å². The van der Waals surface area contributed by atoms with Crippen molar-refractivity contribution in [2.45, 2.75) is 31.0 Å². The summed E-state index contributed by atoms with van der Waals surface area (Å²) in [5.74, 6) is 0.464. The highest BCUT2D eigenvalue weighted by molar-refractivity contribution is 6.01. The second-order valence-electron chi connectivity index (χ2n) is 8.53. The number of ether oxygens (including phenoxy) is 1. The highest BCUT2D eigenvalue weighted by atomic mass is 19.4. The molecule has 0 saturated heterocycles. The van der Waals surface area contributed by atoms with Crippen LogP contribution in [-0.4, -0.2) is 12.9 Å². The normalized spacial score (nSPS) is 19.9. The number of carbonyl (C=O) groups excluding carboxylic acids is 1. The Bertz CT molecular complexity index is 1270. The van der Waals surface area contributed by atoms with Crippen LogP contribution in [0.2, 0.25) is 0 Å². The van der Waals surface area contributed by atoms with Gasteiger partial charge in [-0.1, -0.05) is 42.5 Å². The number of fused-ring (bicyclic) bond motifs is 1. The van der Waals surface area contributed by atoms with E-state index in [1.165, 1.54) is 12.1 Å². The fraction of sp³-hybridized carbons (Fsp3) is 0.222. The third-order valence-corrected chi connectivity index (χ3v) is 6.47. The number of anilines is 2. The van der Waals surface area contributed by atoms with Crippen LogP contribution in [0.5, 0.6) is 5.75 Å². The lowest BCUT2D eigenvalue weighted by Crippen LogP contribution is -2.28. The number of nitrogens with one attached hydrogen (secondary N) is 2. The van der Waals surface area contributed by atoms with Crippen LogP contribution in [-0.2, 0) is 11.0 Å². The van der Waals surface area contributed by atoms with Crippen LogP contribution in [0.4, 0.5) is 24.5 Å². The lowest BCUT2D eigenvalue weighted by Gasteiger charge is -2.31. The van der Waals surface area contributed by atoms with Gasteiger partial charge in [0, 0.05) is 17.7 Å². The van der Waals surface area contributed by atoms with Crippen LogP contribution in [0.25, 0.3) is 0 Å². The zero-order valence-electron chi connectivity index (χ0n) is 18.4. The summed E-state index contributed by atoms with van der Waals surface area (Å²) in [6.45, 7) is 0. The Morgan fingerprint density at radius 2 is 1.56 bits per heavy atom. The molecular weight excluding hydrogens is 441 g/mol. The number of halogens is 3. The van der Waals surface area contributed by atoms with Crippen LogP contribution in [0.1, 0.15) is 41.5 Å². The molecule has 7 heteroatoms. The topological polar surface area (TPSA) is 50.4 Å². The lowest BCUT2D eigenvalue weighted by atomic mass is 9.78. The molecule has 0 amide bonds. The number of benzene rings is 3. The molecule has 3 aromatic carbocycles. The van der Waals surface area contributed by atoms with E-state index in [4.69, 9.17) is 4.74 Å². The van der Waals surface area contributed by atoms with Crippen LogP contribution >= 0.6 is 0 Å². The van der Waals surface area contributed by atoms with E-state index in [9.17, 15) is 18.0 Å². The highest BCUT2D eigenvalue weighted by Crippen LogP contribution is 2.46. The van der Waals surface area contributed by atoms with Gasteiger partial charge in [0.15, 0.2) is 5.78 Å². The van der Waals surface area contributed by atoms with Gasteiger partial charge in [-0.3, -0.25) is 4.79 Å². The molecular formula is C27H23F3N2O2. The van der Waals surface area contributed by atoms with E-state index in [0.717, 1.165) is 23.1 Å². The molecule has 0 spiro atoms. The number of alkyl halides is 3. The average Bonchev–Trinajstić information content (AvgIpc) is 3.00. The predicted molar refractivity (Wildman–Crippen MR) is 125 cm³/mol. The summed E-state index contributed by atoms with van der Waals surface area (Å²) < 4.78 is 47.0. The van der Waals surface area contributed by atoms with Gasteiger partial charge in [-0.05, 0) is 53.8 Å². The standard InChI is InChI=1S/C27H23F3N2O2/c1-34-18-12-10-16(11-13-18)17-14-23-25(24(33)15-17)26(32-22-9-5-4-8-21(22)31-23)19-6-2-3-7-20(19)27(28,29)30/h2-13,17,26,31-32H,14-15H2,1H3/t17-,26+/m0/s1. The summed E-state index contributed by atoms with van der Waals surface area (Å²) in [4.78, 5) is 13.5. The van der Waals surface area contributed by atoms with Crippen molar-refractivity contribution >= 4 is 17.2 Å². The maximum absolute atomic E-state index is 13.9. The van der Waals surface area contributed by atoms with Crippen molar-refractivity contribution in [2.75, 3.05) is 17.7 Å². The first-order chi connectivity index (χ1) is 16.3. The monoisotopic (exact) mass is 464 g/mol. The molecule has 2 N–H and O–H groups in total. The minimum absolute atomic E-state index is 0.0391. The second-order valence-corrected chi connectivity index (χ2v) is 8.53. The zero-order valence-corrected chi connectivity index (χ0v) is 18.4. The van der Waals surface area contributed by atoms with Gasteiger partial charge < -0.3 is 15.4 Å². The second kappa shape index (κ2) is 8.56. The van der Waals surface area contributed by atoms with E-state index >= 15 is 0 Å². The molecule has 5 rings (SSSR count). The van der Waals surface area contributed by atoms with Crippen molar-refractivity contribution in [3.63, 3.8) is 0 Å². The van der Waals surface area contributed by atoms with Gasteiger partial charge in [0.25, 0.3) is 0 Å². The van der Waals surface area contributed by atoms with Gasteiger partial charge in [-0.2, -0.15) is 13.2 Å². The third-order valence-electron chi connectivity index (χ3n) is 6.47. The molecule has 0 saturated carbocycles. The van der Waals surface area contributed by atoms with Gasteiger partial charge >= 0.3 is 6.18 Å². The zero-order chi connectivity index (χ0) is 23.9. The van der Waals surface area contributed by atoms with Gasteiger partial charge in [-0.15, -0.1) is 0 Å². The van der Waals surface area contributed by atoms with E-state index in [-0.39, 0.29) is 23.7 Å². The summed E-state index contributed by atoms with van der Waals surface area (Å²) in [6, 6.07) is 19.4. The number of Topliss-reactive ketones (excluding diaryl/α,β-unsaturated/α-hetero) is 1. The smallest absolute Gasteiger partial charge is 0.416 e. The van der Waals surface area contributed by atoms with Crippen molar-refractivity contribution in [1.29, 1.82) is 0 Å². The van der Waals surface area contributed by atoms with Crippen LogP contribution in [0.3, 0.4) is 0 Å². The van der Waals surface area contributed by atoms with Crippen LogP contribution in [0.15, 0.2) is 84.1 Å². The van der Waals surface area contributed by atoms with Crippen molar-refractivity contribution < 1.29 is 22.7 Å². The quantitative estimate of drug-likeness (QED) is 0.453. The number of carbonyl (C=O) groups is 1. The number of ketones is 1. The molecule has 1 aliphatic carbocycles. The maximum atomic E-state index is 13.9. The van der Waals surface area contributed by atoms with E-state index in [1.54, 1.807) is 19.2 Å². The lowest BCUT2D eigenvalue weighted by molar-refractivity contribution is -0.138. The molecule has 0 radical (unpaired) electrons. The molecule has 174 valence electrons. The van der Waals surface area contributed by atoms with E-state index in [0.29, 0.717) is 23.4 Å². The largest absolute Gasteiger partial charge is 0.497 e. The SMILES string of the molecule is COc1ccc([C@@H]2CC(=O)C3=C(C2)Nc2ccccc2N[C@@H]3c2ccccc2C(F)(F)F)cc1. The molecule has 4 nitrogen and oxygen atoms in total. The first-order valence-corrected chi connectivity index (χ1v) is 11.0. The Morgan fingerprint density at radius 1 is 0.882 bits per heavy atom. The summed E-state index contributed by atoms with van der Waals surface area (Å²) >= 11 is 0. The highest BCUT2D eigenvalue weighted by Gasteiger charge is 2.40. The average molecular weight is 464 g/mol. The molecule has 1 aliphatic heterocycles. The van der Waals surface area contributed by atoms with Gasteiger partial charge in [0.05, 0.1) is 30.1 Å². The summed E-state index contributed by atoms with van der Waals surface area (Å²) in [7, 11) is 1.59. The van der Waals surface area contributed by atoms with Crippen molar-refractivity contribution in [3.05, 3.63) is 101 Å². The molecule has 3 aromatic rings. The number of methoxy groups -OCH3 is 1. The van der Waals surface area contributed by atoms with Crippen molar-refractivity contribution in [1.82, 2.24) is 0 Å². The van der Waals surface area contributed by atoms with Crippen molar-refractivity contribution in [3.8, 4) is 5.75 Å². The molecule has 0 aromatic heterocycles. The van der Waals surface area contributed by atoms with Crippen LogP contribution in [0, 0.1) is 0 Å².